The van der Waals surface area contributed by atoms with Crippen LogP contribution in [-0.2, 0) is 0 Å². The third-order valence-electron chi connectivity index (χ3n) is 4.35. The van der Waals surface area contributed by atoms with Crippen LogP contribution >= 0.6 is 0 Å². The summed E-state index contributed by atoms with van der Waals surface area (Å²) in [6, 6.07) is 34.3. The van der Waals surface area contributed by atoms with Crippen LogP contribution < -0.4 is 15.4 Å². The minimum Gasteiger partial charge on any atom is -0.457 e. The van der Waals surface area contributed by atoms with Crippen LogP contribution in [0.15, 0.2) is 103 Å². The number of para-hydroxylation sites is 1. The van der Waals surface area contributed by atoms with Crippen molar-refractivity contribution in [2.45, 2.75) is 6.92 Å². The Balaban J connectivity index is 1.36. The van der Waals surface area contributed by atoms with Crippen LogP contribution in [-0.4, -0.2) is 0 Å². The minimum absolute atomic E-state index is 0.804. The molecular formula is C25H22N2O. The Hall–Kier alpha value is -3.72. The monoisotopic (exact) mass is 366 g/mol. The van der Waals surface area contributed by atoms with Gasteiger partial charge in [0.25, 0.3) is 0 Å². The third-order valence-corrected chi connectivity index (χ3v) is 4.35. The Kier molecular flexibility index (Phi) is 5.25. The zero-order valence-electron chi connectivity index (χ0n) is 15.7. The molecule has 0 amide bonds. The van der Waals surface area contributed by atoms with E-state index in [2.05, 4.69) is 41.8 Å². The highest BCUT2D eigenvalue weighted by Gasteiger charge is 2.00. The highest BCUT2D eigenvalue weighted by molar-refractivity contribution is 5.61. The molecule has 0 fully saturated rings. The lowest BCUT2D eigenvalue weighted by molar-refractivity contribution is 0.483. The number of rotatable bonds is 6. The largest absolute Gasteiger partial charge is 0.457 e. The van der Waals surface area contributed by atoms with Gasteiger partial charge in [-0.2, -0.15) is 0 Å². The zero-order chi connectivity index (χ0) is 19.2. The van der Waals surface area contributed by atoms with E-state index in [0.29, 0.717) is 0 Å². The topological polar surface area (TPSA) is 33.3 Å². The fourth-order valence-corrected chi connectivity index (χ4v) is 2.84. The van der Waals surface area contributed by atoms with Gasteiger partial charge in [0.1, 0.15) is 11.5 Å². The molecule has 0 aliphatic rings. The van der Waals surface area contributed by atoms with Gasteiger partial charge in [0.2, 0.25) is 0 Å². The van der Waals surface area contributed by atoms with E-state index < -0.39 is 0 Å². The molecule has 0 heterocycles. The summed E-state index contributed by atoms with van der Waals surface area (Å²) in [5, 5.41) is 6.75. The number of aryl methyl sites for hydroxylation is 1. The maximum atomic E-state index is 5.95. The fourth-order valence-electron chi connectivity index (χ4n) is 2.84. The summed E-state index contributed by atoms with van der Waals surface area (Å²) >= 11 is 0. The number of anilines is 4. The Morgan fingerprint density at radius 3 is 1.32 bits per heavy atom. The van der Waals surface area contributed by atoms with Crippen molar-refractivity contribution in [2.75, 3.05) is 10.6 Å². The lowest BCUT2D eigenvalue weighted by atomic mass is 10.2. The Morgan fingerprint density at radius 2 is 0.857 bits per heavy atom. The van der Waals surface area contributed by atoms with Crippen LogP contribution in [0.25, 0.3) is 0 Å². The number of hydrogen-bond donors (Lipinski definition) is 2. The number of benzene rings is 4. The summed E-state index contributed by atoms with van der Waals surface area (Å²) in [5.74, 6) is 1.61. The summed E-state index contributed by atoms with van der Waals surface area (Å²) in [4.78, 5) is 0. The van der Waals surface area contributed by atoms with E-state index in [1.54, 1.807) is 0 Å². The molecule has 0 aliphatic heterocycles. The van der Waals surface area contributed by atoms with Crippen molar-refractivity contribution in [3.8, 4) is 11.5 Å². The van der Waals surface area contributed by atoms with Crippen molar-refractivity contribution in [3.05, 3.63) is 109 Å². The molecule has 4 rings (SSSR count). The van der Waals surface area contributed by atoms with Gasteiger partial charge in [0, 0.05) is 22.7 Å². The van der Waals surface area contributed by atoms with Gasteiger partial charge in [-0.1, -0.05) is 35.9 Å². The number of ether oxygens (including phenoxy) is 1. The van der Waals surface area contributed by atoms with Crippen LogP contribution in [0.4, 0.5) is 22.7 Å². The summed E-state index contributed by atoms with van der Waals surface area (Å²) in [6.07, 6.45) is 0. The molecule has 2 N–H and O–H groups in total. The van der Waals surface area contributed by atoms with Gasteiger partial charge in [-0.05, 0) is 79.7 Å². The van der Waals surface area contributed by atoms with Crippen LogP contribution in [0, 0.1) is 6.92 Å². The first-order valence-electron chi connectivity index (χ1n) is 9.28. The van der Waals surface area contributed by atoms with Gasteiger partial charge in [0.05, 0.1) is 0 Å². The second-order valence-electron chi connectivity index (χ2n) is 6.63. The normalized spacial score (nSPS) is 10.3. The van der Waals surface area contributed by atoms with Crippen molar-refractivity contribution in [1.29, 1.82) is 0 Å². The van der Waals surface area contributed by atoms with Crippen LogP contribution in [0.5, 0.6) is 11.5 Å². The predicted octanol–water partition coefficient (Wildman–Crippen LogP) is 7.27. The fraction of sp³-hybridized carbons (Fsp3) is 0.0400. The lowest BCUT2D eigenvalue weighted by Crippen LogP contribution is -1.91. The van der Waals surface area contributed by atoms with Gasteiger partial charge in [-0.15, -0.1) is 0 Å². The predicted molar refractivity (Wildman–Crippen MR) is 117 cm³/mol. The maximum absolute atomic E-state index is 5.95. The average Bonchev–Trinajstić information content (AvgIpc) is 2.73. The number of hydrogen-bond acceptors (Lipinski definition) is 3. The molecule has 0 unspecified atom stereocenters. The number of nitrogens with one attached hydrogen (secondary N) is 2. The van der Waals surface area contributed by atoms with Gasteiger partial charge < -0.3 is 15.4 Å². The van der Waals surface area contributed by atoms with E-state index in [0.717, 1.165) is 34.2 Å². The van der Waals surface area contributed by atoms with Crippen LogP contribution in [0.2, 0.25) is 0 Å². The van der Waals surface area contributed by atoms with Gasteiger partial charge in [-0.3, -0.25) is 0 Å². The van der Waals surface area contributed by atoms with Gasteiger partial charge in [0.15, 0.2) is 0 Å². The SMILES string of the molecule is Cc1ccc(Nc2ccc(Oc3ccc(Nc4ccccc4)cc3)cc2)cc1. The smallest absolute Gasteiger partial charge is 0.127 e. The minimum atomic E-state index is 0.804. The quantitative estimate of drug-likeness (QED) is 0.376. The maximum Gasteiger partial charge on any atom is 0.127 e. The van der Waals surface area contributed by atoms with E-state index in [1.807, 2.05) is 78.9 Å². The molecule has 0 atom stereocenters. The molecule has 0 aromatic heterocycles. The van der Waals surface area contributed by atoms with Gasteiger partial charge in [-0.25, -0.2) is 0 Å². The van der Waals surface area contributed by atoms with Crippen molar-refractivity contribution in [1.82, 2.24) is 0 Å². The molecule has 0 radical (unpaired) electrons. The summed E-state index contributed by atoms with van der Waals surface area (Å²) in [6.45, 7) is 2.08. The highest BCUT2D eigenvalue weighted by Crippen LogP contribution is 2.26. The summed E-state index contributed by atoms with van der Waals surface area (Å²) in [5.41, 5.74) is 5.43. The highest BCUT2D eigenvalue weighted by atomic mass is 16.5. The molecule has 0 aliphatic carbocycles. The molecule has 0 bridgehead atoms. The molecule has 3 heteroatoms. The van der Waals surface area contributed by atoms with Gasteiger partial charge >= 0.3 is 0 Å². The van der Waals surface area contributed by atoms with E-state index in [9.17, 15) is 0 Å². The molecule has 3 nitrogen and oxygen atoms in total. The molecule has 4 aromatic carbocycles. The zero-order valence-corrected chi connectivity index (χ0v) is 15.7. The van der Waals surface area contributed by atoms with E-state index in [1.165, 1.54) is 5.56 Å². The van der Waals surface area contributed by atoms with Crippen molar-refractivity contribution >= 4 is 22.7 Å². The molecule has 138 valence electrons. The standard InChI is InChI=1S/C25H22N2O/c1-19-7-9-21(10-8-19)27-23-13-17-25(18-14-23)28-24-15-11-22(12-16-24)26-20-5-3-2-4-6-20/h2-18,26-27H,1H3. The molecule has 28 heavy (non-hydrogen) atoms. The Labute approximate surface area is 165 Å². The van der Waals surface area contributed by atoms with Crippen molar-refractivity contribution in [3.63, 3.8) is 0 Å². The van der Waals surface area contributed by atoms with Crippen LogP contribution in [0.3, 0.4) is 0 Å². The summed E-state index contributed by atoms with van der Waals surface area (Å²) in [7, 11) is 0. The second kappa shape index (κ2) is 8.31. The van der Waals surface area contributed by atoms with Crippen molar-refractivity contribution < 1.29 is 4.74 Å². The van der Waals surface area contributed by atoms with E-state index >= 15 is 0 Å². The van der Waals surface area contributed by atoms with Crippen LogP contribution in [0.1, 0.15) is 5.56 Å². The molecule has 0 saturated carbocycles. The van der Waals surface area contributed by atoms with E-state index in [-0.39, 0.29) is 0 Å². The molecule has 0 spiro atoms. The first-order valence-corrected chi connectivity index (χ1v) is 9.28. The third kappa shape index (κ3) is 4.71. The second-order valence-corrected chi connectivity index (χ2v) is 6.63. The molecule has 4 aromatic rings. The Bertz CT molecular complexity index is 1010. The Morgan fingerprint density at radius 1 is 0.464 bits per heavy atom. The summed E-state index contributed by atoms with van der Waals surface area (Å²) < 4.78 is 5.95. The average molecular weight is 366 g/mol. The molecular weight excluding hydrogens is 344 g/mol. The molecule has 0 saturated heterocycles. The van der Waals surface area contributed by atoms with Crippen molar-refractivity contribution in [2.24, 2.45) is 0 Å². The lowest BCUT2D eigenvalue weighted by Gasteiger charge is -2.10. The van der Waals surface area contributed by atoms with E-state index in [4.69, 9.17) is 4.74 Å². The first-order chi connectivity index (χ1) is 13.7. The first kappa shape index (κ1) is 17.7.